The van der Waals surface area contributed by atoms with Crippen molar-refractivity contribution in [1.82, 2.24) is 10.2 Å². The van der Waals surface area contributed by atoms with Crippen molar-refractivity contribution in [3.8, 4) is 0 Å². The Kier molecular flexibility index (Phi) is 10.4. The second kappa shape index (κ2) is 13.3. The molecule has 40 heavy (non-hydrogen) atoms. The van der Waals surface area contributed by atoms with Gasteiger partial charge >= 0.3 is 0 Å². The highest BCUT2D eigenvalue weighted by atomic mass is 35.5. The Morgan fingerprint density at radius 1 is 0.875 bits per heavy atom. The Bertz CT molecular complexity index is 1440. The number of halogens is 1. The van der Waals surface area contributed by atoms with Crippen LogP contribution in [0, 0.1) is 26.7 Å². The molecular weight excluding hydrogens is 546 g/mol. The molecule has 0 aliphatic heterocycles. The lowest BCUT2D eigenvalue weighted by Crippen LogP contribution is -2.51. The molecule has 3 aromatic carbocycles. The number of benzene rings is 3. The Balaban J connectivity index is 2.05. The maximum Gasteiger partial charge on any atom is 0.264 e. The molecule has 9 heteroatoms. The zero-order valence-corrected chi connectivity index (χ0v) is 25.5. The van der Waals surface area contributed by atoms with Crippen LogP contribution in [0.4, 0.5) is 5.69 Å². The fourth-order valence-electron chi connectivity index (χ4n) is 4.16. The van der Waals surface area contributed by atoms with Gasteiger partial charge in [0.15, 0.2) is 0 Å². The first-order valence-electron chi connectivity index (χ1n) is 13.3. The average molecular weight is 584 g/mol. The predicted octanol–water partition coefficient (Wildman–Crippen LogP) is 5.65. The summed E-state index contributed by atoms with van der Waals surface area (Å²) in [4.78, 5) is 28.6. The van der Waals surface area contributed by atoms with Crippen LogP contribution in [-0.4, -0.2) is 44.3 Å². The van der Waals surface area contributed by atoms with Crippen molar-refractivity contribution in [3.05, 3.63) is 94.0 Å². The Morgan fingerprint density at radius 2 is 1.48 bits per heavy atom. The summed E-state index contributed by atoms with van der Waals surface area (Å²) in [6.45, 7) is 11.3. The summed E-state index contributed by atoms with van der Waals surface area (Å²) in [6.07, 6.45) is 0. The molecule has 0 heterocycles. The van der Waals surface area contributed by atoms with Crippen molar-refractivity contribution in [2.75, 3.05) is 17.4 Å². The summed E-state index contributed by atoms with van der Waals surface area (Å²) in [5.41, 5.74) is 3.67. The molecule has 7 nitrogen and oxygen atoms in total. The van der Waals surface area contributed by atoms with Crippen molar-refractivity contribution in [1.29, 1.82) is 0 Å². The minimum Gasteiger partial charge on any atom is -0.354 e. The van der Waals surface area contributed by atoms with Crippen molar-refractivity contribution in [2.24, 2.45) is 5.92 Å². The van der Waals surface area contributed by atoms with E-state index in [9.17, 15) is 18.0 Å². The lowest BCUT2D eigenvalue weighted by Gasteiger charge is -2.32. The second-order valence-corrected chi connectivity index (χ2v) is 12.9. The summed E-state index contributed by atoms with van der Waals surface area (Å²) >= 11 is 6.06. The molecule has 3 rings (SSSR count). The average Bonchev–Trinajstić information content (AvgIpc) is 2.91. The smallest absolute Gasteiger partial charge is 0.264 e. The normalized spacial score (nSPS) is 12.2. The summed E-state index contributed by atoms with van der Waals surface area (Å²) < 4.78 is 29.2. The van der Waals surface area contributed by atoms with Crippen LogP contribution in [0.3, 0.4) is 0 Å². The van der Waals surface area contributed by atoms with E-state index in [2.05, 4.69) is 5.32 Å². The van der Waals surface area contributed by atoms with E-state index in [0.717, 1.165) is 21.0 Å². The van der Waals surface area contributed by atoms with Crippen molar-refractivity contribution < 1.29 is 18.0 Å². The van der Waals surface area contributed by atoms with E-state index < -0.39 is 28.5 Å². The highest BCUT2D eigenvalue weighted by Crippen LogP contribution is 2.29. The molecule has 0 aliphatic rings. The third-order valence-electron chi connectivity index (χ3n) is 6.64. The number of rotatable bonds is 11. The topological polar surface area (TPSA) is 86.8 Å². The molecule has 1 atom stereocenters. The monoisotopic (exact) mass is 583 g/mol. The molecule has 1 N–H and O–H groups in total. The molecule has 0 aromatic heterocycles. The maximum absolute atomic E-state index is 14.0. The Morgan fingerprint density at radius 3 is 2.08 bits per heavy atom. The number of nitrogens with zero attached hydrogens (tertiary/aromatic N) is 2. The minimum atomic E-state index is -4.12. The van der Waals surface area contributed by atoms with Gasteiger partial charge < -0.3 is 10.2 Å². The fourth-order valence-corrected chi connectivity index (χ4v) is 5.76. The number of hydrogen-bond acceptors (Lipinski definition) is 4. The van der Waals surface area contributed by atoms with E-state index >= 15 is 0 Å². The van der Waals surface area contributed by atoms with Gasteiger partial charge in [0, 0.05) is 18.1 Å². The first kappa shape index (κ1) is 31.2. The standard InChI is InChI=1S/C31H38ClN3O4S/c1-21(2)18-33-31(37)25(6)34(19-26-11-13-27(32)14-12-26)30(36)20-35(29-17-23(4)7-10-24(29)5)40(38,39)28-15-8-22(3)9-16-28/h7-17,21,25H,18-20H2,1-6H3,(H,33,37). The third kappa shape index (κ3) is 7.86. The van der Waals surface area contributed by atoms with Gasteiger partial charge in [-0.3, -0.25) is 13.9 Å². The van der Waals surface area contributed by atoms with Crippen LogP contribution >= 0.6 is 11.6 Å². The SMILES string of the molecule is Cc1ccc(S(=O)(=O)N(CC(=O)N(Cc2ccc(Cl)cc2)C(C)C(=O)NCC(C)C)c2cc(C)ccc2C)cc1. The third-order valence-corrected chi connectivity index (χ3v) is 8.67. The van der Waals surface area contributed by atoms with Gasteiger partial charge in [0.2, 0.25) is 11.8 Å². The molecule has 0 saturated heterocycles. The van der Waals surface area contributed by atoms with Crippen molar-refractivity contribution in [2.45, 2.75) is 59.0 Å². The van der Waals surface area contributed by atoms with Crippen LogP contribution in [0.5, 0.6) is 0 Å². The number of anilines is 1. The van der Waals surface area contributed by atoms with Gasteiger partial charge in [-0.1, -0.05) is 67.4 Å². The van der Waals surface area contributed by atoms with E-state index in [1.54, 1.807) is 61.5 Å². The molecule has 0 bridgehead atoms. The van der Waals surface area contributed by atoms with Crippen molar-refractivity contribution in [3.63, 3.8) is 0 Å². The lowest BCUT2D eigenvalue weighted by atomic mass is 10.1. The molecule has 214 valence electrons. The van der Waals surface area contributed by atoms with Crippen LogP contribution in [0.15, 0.2) is 71.6 Å². The number of carbonyl (C=O) groups is 2. The maximum atomic E-state index is 14.0. The summed E-state index contributed by atoms with van der Waals surface area (Å²) in [6, 6.07) is 18.2. The molecule has 2 amide bonds. The highest BCUT2D eigenvalue weighted by molar-refractivity contribution is 7.92. The molecule has 0 saturated carbocycles. The first-order chi connectivity index (χ1) is 18.8. The molecule has 0 fully saturated rings. The lowest BCUT2D eigenvalue weighted by molar-refractivity contribution is -0.139. The van der Waals surface area contributed by atoms with Gasteiger partial charge in [0.05, 0.1) is 10.6 Å². The zero-order chi connectivity index (χ0) is 29.6. The number of nitrogens with one attached hydrogen (secondary N) is 1. The van der Waals surface area contributed by atoms with Gasteiger partial charge in [-0.25, -0.2) is 8.42 Å². The molecule has 0 radical (unpaired) electrons. The molecule has 0 aliphatic carbocycles. The predicted molar refractivity (Wildman–Crippen MR) is 161 cm³/mol. The van der Waals surface area contributed by atoms with Crippen molar-refractivity contribution >= 4 is 39.1 Å². The quantitative estimate of drug-likeness (QED) is 0.316. The van der Waals surface area contributed by atoms with E-state index in [4.69, 9.17) is 11.6 Å². The molecule has 3 aromatic rings. The number of carbonyl (C=O) groups excluding carboxylic acids is 2. The van der Waals surface area contributed by atoms with E-state index in [1.165, 1.54) is 4.90 Å². The van der Waals surface area contributed by atoms with Crippen LogP contribution in [0.25, 0.3) is 0 Å². The van der Waals surface area contributed by atoms with E-state index in [-0.39, 0.29) is 23.3 Å². The second-order valence-electron chi connectivity index (χ2n) is 10.6. The van der Waals surface area contributed by atoms with Gasteiger partial charge in [0.1, 0.15) is 12.6 Å². The largest absolute Gasteiger partial charge is 0.354 e. The summed E-state index contributed by atoms with van der Waals surface area (Å²) in [5, 5.41) is 3.44. The molecule has 0 spiro atoms. The number of sulfonamides is 1. The van der Waals surface area contributed by atoms with Crippen LogP contribution in [0.1, 0.15) is 43.0 Å². The van der Waals surface area contributed by atoms with Gasteiger partial charge in [-0.2, -0.15) is 0 Å². The number of amides is 2. The summed E-state index contributed by atoms with van der Waals surface area (Å²) in [5.74, 6) is -0.578. The van der Waals surface area contributed by atoms with Gasteiger partial charge in [0.25, 0.3) is 10.0 Å². The number of aryl methyl sites for hydroxylation is 3. The van der Waals surface area contributed by atoms with Crippen LogP contribution in [-0.2, 0) is 26.2 Å². The van der Waals surface area contributed by atoms with Crippen LogP contribution in [0.2, 0.25) is 5.02 Å². The number of hydrogen-bond donors (Lipinski definition) is 1. The van der Waals surface area contributed by atoms with Crippen LogP contribution < -0.4 is 9.62 Å². The Hall–Kier alpha value is -3.36. The first-order valence-corrected chi connectivity index (χ1v) is 15.1. The van der Waals surface area contributed by atoms with E-state index in [0.29, 0.717) is 22.8 Å². The highest BCUT2D eigenvalue weighted by Gasteiger charge is 2.33. The zero-order valence-electron chi connectivity index (χ0n) is 23.9. The molecular formula is C31H38ClN3O4S. The molecule has 1 unspecified atom stereocenters. The Labute approximate surface area is 243 Å². The summed E-state index contributed by atoms with van der Waals surface area (Å²) in [7, 11) is -4.12. The van der Waals surface area contributed by atoms with Gasteiger partial charge in [-0.05, 0) is 80.6 Å². The minimum absolute atomic E-state index is 0.0822. The van der Waals surface area contributed by atoms with E-state index in [1.807, 2.05) is 46.8 Å². The fraction of sp³-hybridized carbons (Fsp3) is 0.355. The van der Waals surface area contributed by atoms with Gasteiger partial charge in [-0.15, -0.1) is 0 Å².